The zero-order valence-corrected chi connectivity index (χ0v) is 13.5. The summed E-state index contributed by atoms with van der Waals surface area (Å²) >= 11 is 5.77. The highest BCUT2D eigenvalue weighted by Crippen LogP contribution is 2.31. The van der Waals surface area contributed by atoms with Gasteiger partial charge >= 0.3 is 0 Å². The van der Waals surface area contributed by atoms with E-state index in [1.807, 2.05) is 0 Å². The largest absolute Gasteiger partial charge is 0.297 e. The van der Waals surface area contributed by atoms with Crippen molar-refractivity contribution in [1.82, 2.24) is 4.90 Å². The Bertz CT molecular complexity index is 508. The molecule has 1 saturated heterocycles. The average Bonchev–Trinajstić information content (AvgIpc) is 2.99. The van der Waals surface area contributed by atoms with Crippen LogP contribution < -0.4 is 0 Å². The van der Waals surface area contributed by atoms with Gasteiger partial charge in [-0.15, -0.1) is 0 Å². The van der Waals surface area contributed by atoms with Gasteiger partial charge in [0.25, 0.3) is 0 Å². The molecule has 1 fully saturated rings. The molecule has 1 heterocycles. The van der Waals surface area contributed by atoms with Crippen LogP contribution in [-0.2, 0) is 11.2 Å². The first-order valence-electron chi connectivity index (χ1n) is 7.75. The minimum Gasteiger partial charge on any atom is -0.297 e. The third kappa shape index (κ3) is 3.29. The lowest BCUT2D eigenvalue weighted by Gasteiger charge is -2.39. The first-order chi connectivity index (χ1) is 10.0. The van der Waals surface area contributed by atoms with Gasteiger partial charge < -0.3 is 0 Å². The van der Waals surface area contributed by atoms with Gasteiger partial charge in [-0.05, 0) is 56.5 Å². The molecular weight excluding hydrogens is 289 g/mol. The van der Waals surface area contributed by atoms with E-state index < -0.39 is 11.4 Å². The van der Waals surface area contributed by atoms with E-state index in [1.165, 1.54) is 6.07 Å². The molecular formula is C17H23ClFNO. The van der Waals surface area contributed by atoms with Gasteiger partial charge in [-0.2, -0.15) is 0 Å². The highest BCUT2D eigenvalue weighted by molar-refractivity contribution is 6.30. The molecule has 0 aromatic heterocycles. The summed E-state index contributed by atoms with van der Waals surface area (Å²) in [6.07, 6.45) is 3.98. The van der Waals surface area contributed by atoms with E-state index in [1.54, 1.807) is 12.1 Å². The van der Waals surface area contributed by atoms with Crippen LogP contribution in [0.5, 0.6) is 0 Å². The van der Waals surface area contributed by atoms with Crippen molar-refractivity contribution in [2.75, 3.05) is 13.1 Å². The van der Waals surface area contributed by atoms with E-state index in [4.69, 9.17) is 11.6 Å². The molecule has 1 aliphatic rings. The predicted molar refractivity (Wildman–Crippen MR) is 84.2 cm³/mol. The molecule has 0 atom stereocenters. The fourth-order valence-electron chi connectivity index (χ4n) is 3.42. The third-order valence-electron chi connectivity index (χ3n) is 4.77. The molecule has 1 aliphatic heterocycles. The molecule has 116 valence electrons. The van der Waals surface area contributed by atoms with E-state index in [2.05, 4.69) is 18.7 Å². The first kappa shape index (κ1) is 16.4. The van der Waals surface area contributed by atoms with E-state index >= 15 is 0 Å². The highest BCUT2D eigenvalue weighted by atomic mass is 35.5. The number of likely N-dealkylation sites (tertiary alicyclic amines) is 1. The fraction of sp³-hybridized carbons (Fsp3) is 0.588. The number of benzene rings is 1. The summed E-state index contributed by atoms with van der Waals surface area (Å²) in [5.74, 6) is -0.269. The van der Waals surface area contributed by atoms with Crippen LogP contribution in [0, 0.1) is 5.82 Å². The standard InChI is InChI=1S/C17H23ClFNO/c1-3-17(4-2,20-9-5-6-10-20)16(21)11-13-7-8-14(18)12-15(13)19/h7-8,12H,3-6,9-11H2,1-2H3. The molecule has 0 bridgehead atoms. The van der Waals surface area contributed by atoms with Crippen LogP contribution in [0.2, 0.25) is 5.02 Å². The van der Waals surface area contributed by atoms with Crippen molar-refractivity contribution < 1.29 is 9.18 Å². The number of carbonyl (C=O) groups excluding carboxylic acids is 1. The van der Waals surface area contributed by atoms with Crippen molar-refractivity contribution in [3.05, 3.63) is 34.6 Å². The number of rotatable bonds is 6. The van der Waals surface area contributed by atoms with Crippen molar-refractivity contribution >= 4 is 17.4 Å². The molecule has 0 saturated carbocycles. The summed E-state index contributed by atoms with van der Waals surface area (Å²) in [7, 11) is 0. The van der Waals surface area contributed by atoms with Gasteiger partial charge in [0.2, 0.25) is 0 Å². The van der Waals surface area contributed by atoms with Crippen molar-refractivity contribution in [3.8, 4) is 0 Å². The summed E-state index contributed by atoms with van der Waals surface area (Å²) in [5, 5.41) is 0.362. The SMILES string of the molecule is CCC(CC)(C(=O)Cc1ccc(Cl)cc1F)N1CCCC1. The lowest BCUT2D eigenvalue weighted by atomic mass is 9.83. The molecule has 2 rings (SSSR count). The van der Waals surface area contributed by atoms with E-state index in [0.29, 0.717) is 10.6 Å². The Kier molecular flexibility index (Phi) is 5.39. The predicted octanol–water partition coefficient (Wildman–Crippen LogP) is 4.25. The van der Waals surface area contributed by atoms with Crippen LogP contribution in [-0.4, -0.2) is 29.3 Å². The summed E-state index contributed by atoms with van der Waals surface area (Å²) < 4.78 is 13.9. The molecule has 21 heavy (non-hydrogen) atoms. The number of carbonyl (C=O) groups is 1. The maximum Gasteiger partial charge on any atom is 0.157 e. The first-order valence-corrected chi connectivity index (χ1v) is 8.13. The van der Waals surface area contributed by atoms with Crippen LogP contribution in [0.25, 0.3) is 0 Å². The number of nitrogens with zero attached hydrogens (tertiary/aromatic N) is 1. The molecule has 1 aromatic carbocycles. The van der Waals surface area contributed by atoms with Crippen molar-refractivity contribution in [2.24, 2.45) is 0 Å². The lowest BCUT2D eigenvalue weighted by molar-refractivity contribution is -0.130. The average molecular weight is 312 g/mol. The Morgan fingerprint density at radius 3 is 2.43 bits per heavy atom. The molecule has 2 nitrogen and oxygen atoms in total. The van der Waals surface area contributed by atoms with Crippen LogP contribution in [0.3, 0.4) is 0 Å². The Morgan fingerprint density at radius 2 is 1.90 bits per heavy atom. The topological polar surface area (TPSA) is 20.3 Å². The number of halogens is 2. The minimum absolute atomic E-state index is 0.121. The van der Waals surface area contributed by atoms with Gasteiger partial charge in [-0.25, -0.2) is 4.39 Å². The maximum absolute atomic E-state index is 13.9. The van der Waals surface area contributed by atoms with Crippen molar-refractivity contribution in [1.29, 1.82) is 0 Å². The number of hydrogen-bond acceptors (Lipinski definition) is 2. The molecule has 0 N–H and O–H groups in total. The van der Waals surface area contributed by atoms with Gasteiger partial charge in [-0.3, -0.25) is 9.69 Å². The van der Waals surface area contributed by atoms with Crippen LogP contribution in [0.4, 0.5) is 4.39 Å². The Morgan fingerprint density at radius 1 is 1.29 bits per heavy atom. The summed E-state index contributed by atoms with van der Waals surface area (Å²) in [4.78, 5) is 15.2. The second-order valence-electron chi connectivity index (χ2n) is 5.77. The van der Waals surface area contributed by atoms with Gasteiger partial charge in [0.1, 0.15) is 5.82 Å². The molecule has 4 heteroatoms. The van der Waals surface area contributed by atoms with Crippen molar-refractivity contribution in [3.63, 3.8) is 0 Å². The molecule has 1 aromatic rings. The second kappa shape index (κ2) is 6.89. The summed E-state index contributed by atoms with van der Waals surface area (Å²) in [6.45, 7) is 6.04. The molecule has 0 radical (unpaired) electrons. The molecule has 0 spiro atoms. The van der Waals surface area contributed by atoms with E-state index in [-0.39, 0.29) is 12.2 Å². The Balaban J connectivity index is 2.22. The highest BCUT2D eigenvalue weighted by Gasteiger charge is 2.41. The molecule has 0 aliphatic carbocycles. The summed E-state index contributed by atoms with van der Waals surface area (Å²) in [5.41, 5.74) is -0.00219. The lowest BCUT2D eigenvalue weighted by Crippen LogP contribution is -2.53. The van der Waals surface area contributed by atoms with Crippen molar-refractivity contribution in [2.45, 2.75) is 51.5 Å². The molecule has 0 unspecified atom stereocenters. The Hall–Kier alpha value is -0.930. The second-order valence-corrected chi connectivity index (χ2v) is 6.20. The smallest absolute Gasteiger partial charge is 0.157 e. The normalized spacial score (nSPS) is 16.4. The van der Waals surface area contributed by atoms with Crippen LogP contribution in [0.1, 0.15) is 45.1 Å². The van der Waals surface area contributed by atoms with Gasteiger partial charge in [-0.1, -0.05) is 31.5 Å². The third-order valence-corrected chi connectivity index (χ3v) is 5.00. The van der Waals surface area contributed by atoms with Crippen LogP contribution in [0.15, 0.2) is 18.2 Å². The van der Waals surface area contributed by atoms with Gasteiger partial charge in [0, 0.05) is 11.4 Å². The maximum atomic E-state index is 13.9. The van der Waals surface area contributed by atoms with E-state index in [9.17, 15) is 9.18 Å². The quantitative estimate of drug-likeness (QED) is 0.783. The van der Waals surface area contributed by atoms with E-state index in [0.717, 1.165) is 38.8 Å². The van der Waals surface area contributed by atoms with Gasteiger partial charge in [0.15, 0.2) is 5.78 Å². The monoisotopic (exact) mass is 311 g/mol. The number of hydrogen-bond donors (Lipinski definition) is 0. The van der Waals surface area contributed by atoms with Gasteiger partial charge in [0.05, 0.1) is 5.54 Å². The zero-order chi connectivity index (χ0) is 15.5. The fourth-order valence-corrected chi connectivity index (χ4v) is 3.57. The number of Topliss-reactive ketones (excluding diaryl/α,β-unsaturated/α-hetero) is 1. The Labute approximate surface area is 131 Å². The minimum atomic E-state index is -0.442. The molecule has 0 amide bonds. The summed E-state index contributed by atoms with van der Waals surface area (Å²) in [6, 6.07) is 4.54. The van der Waals surface area contributed by atoms with Crippen LogP contribution >= 0.6 is 11.6 Å². The number of ketones is 1. The zero-order valence-electron chi connectivity index (χ0n) is 12.8.